The summed E-state index contributed by atoms with van der Waals surface area (Å²) in [5.74, 6) is 0.993. The third-order valence-electron chi connectivity index (χ3n) is 2.14. The van der Waals surface area contributed by atoms with E-state index in [4.69, 9.17) is 4.74 Å². The maximum absolute atomic E-state index is 11.6. The zero-order valence-electron chi connectivity index (χ0n) is 9.57. The molecule has 3 heteroatoms. The number of benzene rings is 1. The number of Topliss-reactive ketones (excluding diaryl/α,β-unsaturated/α-hetero) is 1. The molecule has 0 radical (unpaired) electrons. The van der Waals surface area contributed by atoms with E-state index in [0.717, 1.165) is 24.2 Å². The molecule has 1 aromatic carbocycles. The third kappa shape index (κ3) is 4.94. The van der Waals surface area contributed by atoms with Crippen LogP contribution in [0, 0.1) is 6.92 Å². The van der Waals surface area contributed by atoms with Crippen molar-refractivity contribution in [3.63, 3.8) is 0 Å². The van der Waals surface area contributed by atoms with Crippen LogP contribution in [0.15, 0.2) is 24.3 Å². The van der Waals surface area contributed by atoms with Crippen molar-refractivity contribution >= 4 is 5.78 Å². The Hall–Kier alpha value is -0.622. The maximum Gasteiger partial charge on any atom is 0.162 e. The number of rotatable bonds is 6. The van der Waals surface area contributed by atoms with Crippen LogP contribution in [0.25, 0.3) is 0 Å². The molecule has 16 heavy (non-hydrogen) atoms. The normalized spacial score (nSPS) is 9.38. The van der Waals surface area contributed by atoms with Gasteiger partial charge in [-0.2, -0.15) is 6.42 Å². The number of ketones is 1. The van der Waals surface area contributed by atoms with E-state index >= 15 is 0 Å². The van der Waals surface area contributed by atoms with Gasteiger partial charge in [0.05, 0.1) is 6.61 Å². The van der Waals surface area contributed by atoms with E-state index < -0.39 is 0 Å². The topological polar surface area (TPSA) is 26.3 Å². The molecule has 0 bridgehead atoms. The van der Waals surface area contributed by atoms with Gasteiger partial charge in [0.2, 0.25) is 0 Å². The number of carbonyl (C=O) groups excluding carboxylic acids is 1. The van der Waals surface area contributed by atoms with Crippen LogP contribution in [-0.4, -0.2) is 12.4 Å². The molecule has 0 amide bonds. The van der Waals surface area contributed by atoms with Crippen molar-refractivity contribution in [2.75, 3.05) is 6.61 Å². The molecule has 0 heterocycles. The molecule has 1 aromatic rings. The zero-order chi connectivity index (χ0) is 11.1. The first-order valence-corrected chi connectivity index (χ1v) is 5.33. The fraction of sp³-hybridized carbons (Fsp3) is 0.385. The minimum atomic E-state index is 0. The summed E-state index contributed by atoms with van der Waals surface area (Å²) in [6.07, 6.45) is 2.24. The number of unbranched alkanes of at least 4 members (excludes halogenated alkanes) is 1. The van der Waals surface area contributed by atoms with Gasteiger partial charge in [0.25, 0.3) is 0 Å². The van der Waals surface area contributed by atoms with Crippen LogP contribution in [0.3, 0.4) is 0 Å². The molecule has 2 nitrogen and oxygen atoms in total. The van der Waals surface area contributed by atoms with Gasteiger partial charge in [0.15, 0.2) is 5.78 Å². The van der Waals surface area contributed by atoms with Crippen molar-refractivity contribution in [3.8, 4) is 5.75 Å². The summed E-state index contributed by atoms with van der Waals surface area (Å²) in [6.45, 7) is 6.30. The van der Waals surface area contributed by atoms with Gasteiger partial charge in [-0.1, -0.05) is 6.42 Å². The fourth-order valence-electron chi connectivity index (χ4n) is 1.33. The smallest absolute Gasteiger partial charge is 0.162 e. The van der Waals surface area contributed by atoms with E-state index in [1.165, 1.54) is 0 Å². The molecule has 0 unspecified atom stereocenters. The van der Waals surface area contributed by atoms with Gasteiger partial charge in [0, 0.05) is 33.0 Å². The molecule has 0 aliphatic rings. The monoisotopic (exact) mass is 389 g/mol. The molecular formula is C13H17O2W-. The van der Waals surface area contributed by atoms with E-state index in [1.54, 1.807) is 0 Å². The van der Waals surface area contributed by atoms with Gasteiger partial charge < -0.3 is 11.7 Å². The molecule has 0 atom stereocenters. The molecule has 0 saturated carbocycles. The predicted molar refractivity (Wildman–Crippen MR) is 61.1 cm³/mol. The third-order valence-corrected chi connectivity index (χ3v) is 2.14. The van der Waals surface area contributed by atoms with Crippen LogP contribution >= 0.6 is 0 Å². The Balaban J connectivity index is 0.00000225. The fourth-order valence-corrected chi connectivity index (χ4v) is 1.33. The summed E-state index contributed by atoms with van der Waals surface area (Å²) in [5, 5.41) is 0. The van der Waals surface area contributed by atoms with Crippen molar-refractivity contribution < 1.29 is 30.6 Å². The van der Waals surface area contributed by atoms with Crippen LogP contribution < -0.4 is 4.74 Å². The van der Waals surface area contributed by atoms with Gasteiger partial charge >= 0.3 is 0 Å². The average Bonchev–Trinajstić information content (AvgIpc) is 2.27. The summed E-state index contributed by atoms with van der Waals surface area (Å²) < 4.78 is 5.30. The van der Waals surface area contributed by atoms with Crippen LogP contribution in [0.1, 0.15) is 36.5 Å². The Morgan fingerprint density at radius 3 is 2.44 bits per heavy atom. The van der Waals surface area contributed by atoms with E-state index in [-0.39, 0.29) is 26.8 Å². The molecule has 0 N–H and O–H groups in total. The van der Waals surface area contributed by atoms with Gasteiger partial charge in [-0.15, -0.1) is 0 Å². The summed E-state index contributed by atoms with van der Waals surface area (Å²) in [7, 11) is 0. The Bertz CT molecular complexity index is 306. The second-order valence-corrected chi connectivity index (χ2v) is 3.34. The van der Waals surface area contributed by atoms with Crippen LogP contribution in [0.2, 0.25) is 0 Å². The summed E-state index contributed by atoms with van der Waals surface area (Å²) in [5.41, 5.74) is 0.756. The molecule has 0 aliphatic heterocycles. The van der Waals surface area contributed by atoms with Crippen LogP contribution in [-0.2, 0) is 21.1 Å². The number of hydrogen-bond donors (Lipinski definition) is 0. The largest absolute Gasteiger partial charge is 0.494 e. The van der Waals surface area contributed by atoms with Gasteiger partial charge in [0.1, 0.15) is 5.75 Å². The Labute approximate surface area is 112 Å². The van der Waals surface area contributed by atoms with Crippen LogP contribution in [0.4, 0.5) is 0 Å². The van der Waals surface area contributed by atoms with Crippen LogP contribution in [0.5, 0.6) is 5.75 Å². The van der Waals surface area contributed by atoms with E-state index in [2.05, 4.69) is 6.92 Å². The molecule has 0 aromatic heterocycles. The number of hydrogen-bond acceptors (Lipinski definition) is 2. The number of ether oxygens (including phenoxy) is 1. The quantitative estimate of drug-likeness (QED) is 0.552. The Morgan fingerprint density at radius 2 is 1.94 bits per heavy atom. The summed E-state index contributed by atoms with van der Waals surface area (Å²) >= 11 is 0. The van der Waals surface area contributed by atoms with Crippen molar-refractivity contribution in [2.45, 2.75) is 26.2 Å². The first-order chi connectivity index (χ1) is 7.27. The average molecular weight is 389 g/mol. The van der Waals surface area contributed by atoms with E-state index in [9.17, 15) is 4.79 Å². The van der Waals surface area contributed by atoms with Gasteiger partial charge in [-0.3, -0.25) is 4.79 Å². The molecular weight excluding hydrogens is 372 g/mol. The van der Waals surface area contributed by atoms with Crippen molar-refractivity contribution in [2.24, 2.45) is 0 Å². The molecule has 1 rings (SSSR count). The molecule has 0 fully saturated rings. The zero-order valence-corrected chi connectivity index (χ0v) is 12.5. The second-order valence-electron chi connectivity index (χ2n) is 3.34. The second kappa shape index (κ2) is 8.52. The Morgan fingerprint density at radius 1 is 1.31 bits per heavy atom. The molecule has 0 spiro atoms. The van der Waals surface area contributed by atoms with E-state index in [1.807, 2.05) is 31.2 Å². The molecule has 0 saturated heterocycles. The number of carbonyl (C=O) groups is 1. The summed E-state index contributed by atoms with van der Waals surface area (Å²) in [6, 6.07) is 7.30. The first-order valence-electron chi connectivity index (χ1n) is 5.33. The molecule has 88 valence electrons. The minimum absolute atomic E-state index is 0. The first kappa shape index (κ1) is 15.4. The minimum Gasteiger partial charge on any atom is -0.494 e. The SMILES string of the molecule is [CH2-]CCCC(=O)c1ccc(OCC)cc1.[W]. The van der Waals surface area contributed by atoms with Crippen molar-refractivity contribution in [1.29, 1.82) is 0 Å². The standard InChI is InChI=1S/C13H17O2.W/c1-3-5-6-13(14)11-7-9-12(10-8-11)15-4-2;/h7-10H,1,3-6H2,2H3;/q-1;. The van der Waals surface area contributed by atoms with Gasteiger partial charge in [-0.05, 0) is 31.2 Å². The predicted octanol–water partition coefficient (Wildman–Crippen LogP) is 3.27. The maximum atomic E-state index is 11.6. The Kier molecular flexibility index (Phi) is 8.19. The summed E-state index contributed by atoms with van der Waals surface area (Å²) in [4.78, 5) is 11.6. The van der Waals surface area contributed by atoms with Crippen molar-refractivity contribution in [3.05, 3.63) is 36.8 Å². The molecule has 0 aliphatic carbocycles. The van der Waals surface area contributed by atoms with Gasteiger partial charge in [-0.25, -0.2) is 0 Å². The van der Waals surface area contributed by atoms with E-state index in [0.29, 0.717) is 13.0 Å². The van der Waals surface area contributed by atoms with Crippen molar-refractivity contribution in [1.82, 2.24) is 0 Å².